The van der Waals surface area contributed by atoms with E-state index in [2.05, 4.69) is 23.8 Å². The van der Waals surface area contributed by atoms with Gasteiger partial charge in [-0.25, -0.2) is 0 Å². The van der Waals surface area contributed by atoms with Gasteiger partial charge in [0.2, 0.25) is 0 Å². The van der Waals surface area contributed by atoms with Gasteiger partial charge >= 0.3 is 0 Å². The summed E-state index contributed by atoms with van der Waals surface area (Å²) in [5.74, 6) is 0. The van der Waals surface area contributed by atoms with E-state index in [1.165, 1.54) is 0 Å². The molecule has 1 aliphatic rings. The van der Waals surface area contributed by atoms with Gasteiger partial charge in [0.25, 0.3) is 0 Å². The minimum absolute atomic E-state index is 0.407. The van der Waals surface area contributed by atoms with Crippen LogP contribution in [0.25, 0.3) is 0 Å². The third-order valence-electron chi connectivity index (χ3n) is 1.36. The first-order valence-electron chi connectivity index (χ1n) is 3.39. The van der Waals surface area contributed by atoms with Crippen molar-refractivity contribution in [1.29, 1.82) is 0 Å². The lowest BCUT2D eigenvalue weighted by atomic mass is 10.2. The number of rotatable bonds is 1. The maximum absolute atomic E-state index is 4.37. The summed E-state index contributed by atoms with van der Waals surface area (Å²) >= 11 is 0. The topological polar surface area (TPSA) is 24.7 Å². The lowest BCUT2D eigenvalue weighted by Gasteiger charge is -2.08. The molecule has 1 heterocycles. The SMILES string of the molecule is CCC1=NC(C)CN=C1. The Bertz CT molecular complexity index is 147. The van der Waals surface area contributed by atoms with Gasteiger partial charge in [-0.2, -0.15) is 0 Å². The van der Waals surface area contributed by atoms with Crippen LogP contribution in [0.1, 0.15) is 20.3 Å². The summed E-state index contributed by atoms with van der Waals surface area (Å²) < 4.78 is 0. The summed E-state index contributed by atoms with van der Waals surface area (Å²) in [6.45, 7) is 5.05. The number of hydrogen-bond acceptors (Lipinski definition) is 2. The molecule has 0 fully saturated rings. The standard InChI is InChI=1S/C7H12N2/c1-3-7-5-8-4-6(2)9-7/h5-6H,3-4H2,1-2H3. The van der Waals surface area contributed by atoms with Gasteiger partial charge in [0, 0.05) is 6.21 Å². The molecule has 0 amide bonds. The minimum Gasteiger partial charge on any atom is -0.289 e. The van der Waals surface area contributed by atoms with Crippen LogP contribution < -0.4 is 0 Å². The number of aliphatic imine (C=N–C) groups is 2. The first-order valence-corrected chi connectivity index (χ1v) is 3.39. The maximum Gasteiger partial charge on any atom is 0.0670 e. The van der Waals surface area contributed by atoms with E-state index < -0.39 is 0 Å². The van der Waals surface area contributed by atoms with Gasteiger partial charge in [-0.3, -0.25) is 9.98 Å². The van der Waals surface area contributed by atoms with Crippen molar-refractivity contribution < 1.29 is 0 Å². The highest BCUT2D eigenvalue weighted by Crippen LogP contribution is 1.98. The fourth-order valence-corrected chi connectivity index (χ4v) is 0.850. The van der Waals surface area contributed by atoms with E-state index in [1.807, 2.05) is 6.21 Å². The number of hydrogen-bond donors (Lipinski definition) is 0. The molecule has 2 heteroatoms. The second kappa shape index (κ2) is 2.76. The van der Waals surface area contributed by atoms with E-state index in [9.17, 15) is 0 Å². The van der Waals surface area contributed by atoms with Crippen molar-refractivity contribution in [2.45, 2.75) is 26.3 Å². The average Bonchev–Trinajstić information content (AvgIpc) is 1.88. The van der Waals surface area contributed by atoms with Crippen LogP contribution in [-0.2, 0) is 0 Å². The summed E-state index contributed by atoms with van der Waals surface area (Å²) in [6, 6.07) is 0.407. The van der Waals surface area contributed by atoms with E-state index in [-0.39, 0.29) is 0 Å². The maximum atomic E-state index is 4.37. The Morgan fingerprint density at radius 3 is 3.00 bits per heavy atom. The van der Waals surface area contributed by atoms with Gasteiger partial charge in [0.1, 0.15) is 0 Å². The molecule has 50 valence electrons. The number of nitrogens with zero attached hydrogens (tertiary/aromatic N) is 2. The lowest BCUT2D eigenvalue weighted by molar-refractivity contribution is 0.748. The van der Waals surface area contributed by atoms with Crippen LogP contribution in [0.15, 0.2) is 9.98 Å². The summed E-state index contributed by atoms with van der Waals surface area (Å²) in [5, 5.41) is 0. The highest BCUT2D eigenvalue weighted by molar-refractivity contribution is 6.30. The molecule has 9 heavy (non-hydrogen) atoms. The molecule has 0 saturated heterocycles. The molecule has 0 aromatic heterocycles. The predicted molar refractivity (Wildman–Crippen MR) is 40.5 cm³/mol. The van der Waals surface area contributed by atoms with Gasteiger partial charge in [-0.1, -0.05) is 6.92 Å². The Hall–Kier alpha value is -0.660. The van der Waals surface area contributed by atoms with Crippen molar-refractivity contribution >= 4 is 11.9 Å². The zero-order chi connectivity index (χ0) is 6.69. The monoisotopic (exact) mass is 124 g/mol. The van der Waals surface area contributed by atoms with Gasteiger partial charge < -0.3 is 0 Å². The largest absolute Gasteiger partial charge is 0.289 e. The third-order valence-corrected chi connectivity index (χ3v) is 1.36. The predicted octanol–water partition coefficient (Wildman–Crippen LogP) is 1.31. The summed E-state index contributed by atoms with van der Waals surface area (Å²) in [7, 11) is 0. The fourth-order valence-electron chi connectivity index (χ4n) is 0.850. The highest BCUT2D eigenvalue weighted by Gasteiger charge is 2.02. The molecular weight excluding hydrogens is 112 g/mol. The molecular formula is C7H12N2. The molecule has 1 atom stereocenters. The van der Waals surface area contributed by atoms with E-state index >= 15 is 0 Å². The van der Waals surface area contributed by atoms with Gasteiger partial charge in [0.15, 0.2) is 0 Å². The molecule has 0 aliphatic carbocycles. The molecule has 0 saturated carbocycles. The zero-order valence-corrected chi connectivity index (χ0v) is 5.96. The third kappa shape index (κ3) is 1.63. The Labute approximate surface area is 55.7 Å². The summed E-state index contributed by atoms with van der Waals surface area (Å²) in [4.78, 5) is 8.52. The summed E-state index contributed by atoms with van der Waals surface area (Å²) in [6.07, 6.45) is 2.88. The van der Waals surface area contributed by atoms with Crippen molar-refractivity contribution in [3.05, 3.63) is 0 Å². The smallest absolute Gasteiger partial charge is 0.0670 e. The summed E-state index contributed by atoms with van der Waals surface area (Å²) in [5.41, 5.74) is 1.13. The van der Waals surface area contributed by atoms with Gasteiger partial charge in [-0.15, -0.1) is 0 Å². The molecule has 0 aromatic rings. The normalized spacial score (nSPS) is 26.0. The molecule has 1 unspecified atom stereocenters. The average molecular weight is 124 g/mol. The molecule has 0 bridgehead atoms. The molecule has 0 N–H and O–H groups in total. The van der Waals surface area contributed by atoms with Gasteiger partial charge in [-0.05, 0) is 13.3 Å². The van der Waals surface area contributed by atoms with Crippen LogP contribution in [0.2, 0.25) is 0 Å². The Kier molecular flexibility index (Phi) is 1.98. The molecule has 0 aromatic carbocycles. The van der Waals surface area contributed by atoms with E-state index in [4.69, 9.17) is 0 Å². The lowest BCUT2D eigenvalue weighted by Crippen LogP contribution is -2.14. The van der Waals surface area contributed by atoms with Crippen LogP contribution in [0, 0.1) is 0 Å². The molecule has 0 radical (unpaired) electrons. The Morgan fingerprint density at radius 1 is 1.78 bits per heavy atom. The fraction of sp³-hybridized carbons (Fsp3) is 0.714. The quantitative estimate of drug-likeness (QED) is 0.503. The van der Waals surface area contributed by atoms with Crippen molar-refractivity contribution in [3.8, 4) is 0 Å². The molecule has 1 rings (SSSR count). The first kappa shape index (κ1) is 6.46. The molecule has 1 aliphatic heterocycles. The second-order valence-corrected chi connectivity index (χ2v) is 2.32. The van der Waals surface area contributed by atoms with Crippen LogP contribution in [0.4, 0.5) is 0 Å². The van der Waals surface area contributed by atoms with Crippen molar-refractivity contribution in [1.82, 2.24) is 0 Å². The zero-order valence-electron chi connectivity index (χ0n) is 5.96. The minimum atomic E-state index is 0.407. The highest BCUT2D eigenvalue weighted by atomic mass is 14.9. The van der Waals surface area contributed by atoms with Crippen LogP contribution in [-0.4, -0.2) is 24.5 Å². The first-order chi connectivity index (χ1) is 4.33. The van der Waals surface area contributed by atoms with Gasteiger partial charge in [0.05, 0.1) is 18.3 Å². The Morgan fingerprint density at radius 2 is 2.56 bits per heavy atom. The Balaban J connectivity index is 2.59. The van der Waals surface area contributed by atoms with Crippen LogP contribution in [0.3, 0.4) is 0 Å². The van der Waals surface area contributed by atoms with Crippen molar-refractivity contribution in [2.24, 2.45) is 9.98 Å². The van der Waals surface area contributed by atoms with Crippen LogP contribution in [0.5, 0.6) is 0 Å². The van der Waals surface area contributed by atoms with E-state index in [0.717, 1.165) is 18.7 Å². The van der Waals surface area contributed by atoms with Crippen molar-refractivity contribution in [2.75, 3.05) is 6.54 Å². The van der Waals surface area contributed by atoms with Crippen molar-refractivity contribution in [3.63, 3.8) is 0 Å². The van der Waals surface area contributed by atoms with Crippen LogP contribution >= 0.6 is 0 Å². The van der Waals surface area contributed by atoms with E-state index in [0.29, 0.717) is 6.04 Å². The molecule has 0 spiro atoms. The van der Waals surface area contributed by atoms with E-state index in [1.54, 1.807) is 0 Å². The second-order valence-electron chi connectivity index (χ2n) is 2.32. The molecule has 2 nitrogen and oxygen atoms in total.